The van der Waals surface area contributed by atoms with E-state index in [0.717, 1.165) is 84.1 Å². The number of pyridine rings is 1. The first-order chi connectivity index (χ1) is 19.5. The zero-order valence-corrected chi connectivity index (χ0v) is 22.9. The highest BCUT2D eigenvalue weighted by Crippen LogP contribution is 2.73. The summed E-state index contributed by atoms with van der Waals surface area (Å²) in [5, 5.41) is 9.40. The predicted molar refractivity (Wildman–Crippen MR) is 153 cm³/mol. The van der Waals surface area contributed by atoms with Crippen molar-refractivity contribution < 1.29 is 14.3 Å². The molecule has 206 valence electrons. The Hall–Kier alpha value is -4.27. The zero-order chi connectivity index (χ0) is 27.3. The molecule has 2 aromatic heterocycles. The van der Waals surface area contributed by atoms with Gasteiger partial charge in [-0.15, -0.1) is 0 Å². The van der Waals surface area contributed by atoms with E-state index in [1.165, 1.54) is 0 Å². The van der Waals surface area contributed by atoms with Crippen LogP contribution in [0.4, 0.5) is 11.5 Å². The van der Waals surface area contributed by atoms with Gasteiger partial charge in [0.1, 0.15) is 23.1 Å². The van der Waals surface area contributed by atoms with Crippen LogP contribution in [-0.4, -0.2) is 52.7 Å². The van der Waals surface area contributed by atoms with Crippen LogP contribution in [0.3, 0.4) is 0 Å². The van der Waals surface area contributed by atoms with Gasteiger partial charge >= 0.3 is 0 Å². The normalized spacial score (nSPS) is 22.6. The minimum absolute atomic E-state index is 0.154. The third-order valence-corrected chi connectivity index (χ3v) is 9.03. The number of carbonyl (C=O) groups is 1. The van der Waals surface area contributed by atoms with E-state index in [1.807, 2.05) is 41.7 Å². The summed E-state index contributed by atoms with van der Waals surface area (Å²) in [6.45, 7) is 3.70. The number of amides is 1. The highest BCUT2D eigenvalue weighted by Gasteiger charge is 2.71. The molecule has 4 aromatic rings. The molecule has 3 heterocycles. The molecule has 0 saturated heterocycles. The molecule has 1 aliphatic heterocycles. The fourth-order valence-corrected chi connectivity index (χ4v) is 7.06. The highest BCUT2D eigenvalue weighted by atomic mass is 16.5. The van der Waals surface area contributed by atoms with E-state index < -0.39 is 0 Å². The number of benzene rings is 2. The monoisotopic (exact) mass is 538 g/mol. The van der Waals surface area contributed by atoms with E-state index >= 15 is 0 Å². The van der Waals surface area contributed by atoms with Crippen LogP contribution in [0.5, 0.6) is 11.5 Å². The van der Waals surface area contributed by atoms with Crippen LogP contribution >= 0.6 is 0 Å². The molecule has 8 rings (SSSR count). The Kier molecular flexibility index (Phi) is 5.83. The first-order valence-corrected chi connectivity index (χ1v) is 13.9. The minimum atomic E-state index is -0.154. The number of rotatable bonds is 9. The maximum atomic E-state index is 13.4. The molecule has 0 spiro atoms. The van der Waals surface area contributed by atoms with Gasteiger partial charge in [0.25, 0.3) is 0 Å². The Labute approximate surface area is 233 Å². The predicted octanol–water partition coefficient (Wildman–Crippen LogP) is 4.69. The molecule has 0 atom stereocenters. The van der Waals surface area contributed by atoms with Crippen molar-refractivity contribution in [3.8, 4) is 11.5 Å². The second kappa shape index (κ2) is 9.43. The quantitative estimate of drug-likeness (QED) is 0.320. The summed E-state index contributed by atoms with van der Waals surface area (Å²) in [5.74, 6) is 3.68. The second-order valence-electron chi connectivity index (χ2n) is 11.5. The van der Waals surface area contributed by atoms with Crippen molar-refractivity contribution in [3.63, 3.8) is 0 Å². The number of carbonyl (C=O) groups excluding carboxylic acids is 1. The number of aromatic nitrogens is 3. The number of nitrogens with one attached hydrogen (secondary N) is 2. The summed E-state index contributed by atoms with van der Waals surface area (Å²) in [7, 11) is 3.31. The number of hydrogen-bond acceptors (Lipinski definition) is 7. The van der Waals surface area contributed by atoms with Gasteiger partial charge in [0.2, 0.25) is 5.91 Å². The molecular formula is C31H34N6O3. The third kappa shape index (κ3) is 4.03. The lowest BCUT2D eigenvalue weighted by Gasteiger charge is -2.70. The van der Waals surface area contributed by atoms with Gasteiger partial charge in [0.05, 0.1) is 26.2 Å². The summed E-state index contributed by atoms with van der Waals surface area (Å²) in [6, 6.07) is 14.2. The number of nitrogens with zero attached hydrogens (tertiary/aromatic N) is 4. The van der Waals surface area contributed by atoms with Gasteiger partial charge in [-0.3, -0.25) is 4.79 Å². The molecule has 9 nitrogen and oxygen atoms in total. The van der Waals surface area contributed by atoms with Crippen molar-refractivity contribution >= 4 is 28.2 Å². The van der Waals surface area contributed by atoms with Gasteiger partial charge in [0, 0.05) is 72.9 Å². The van der Waals surface area contributed by atoms with Gasteiger partial charge in [-0.25, -0.2) is 9.97 Å². The van der Waals surface area contributed by atoms with Crippen LogP contribution in [0, 0.1) is 10.8 Å². The lowest BCUT2D eigenvalue weighted by atomic mass is 9.34. The Morgan fingerprint density at radius 1 is 0.975 bits per heavy atom. The molecule has 9 heteroatoms. The smallest absolute Gasteiger partial charge is 0.229 e. The first kappa shape index (κ1) is 24.7. The zero-order valence-electron chi connectivity index (χ0n) is 22.9. The molecule has 3 fully saturated rings. The van der Waals surface area contributed by atoms with Crippen LogP contribution in [0.2, 0.25) is 0 Å². The van der Waals surface area contributed by atoms with Crippen molar-refractivity contribution in [1.29, 1.82) is 0 Å². The Balaban J connectivity index is 0.998. The molecule has 0 unspecified atom stereocenters. The second-order valence-corrected chi connectivity index (χ2v) is 11.5. The molecule has 1 amide bonds. The van der Waals surface area contributed by atoms with E-state index in [2.05, 4.69) is 49.4 Å². The fraction of sp³-hybridized carbons (Fsp3) is 0.387. The molecule has 3 saturated carbocycles. The molecule has 3 aliphatic carbocycles. The Morgan fingerprint density at radius 3 is 2.67 bits per heavy atom. The van der Waals surface area contributed by atoms with Crippen LogP contribution in [0.1, 0.15) is 30.7 Å². The van der Waals surface area contributed by atoms with Gasteiger partial charge < -0.3 is 29.6 Å². The van der Waals surface area contributed by atoms with Crippen molar-refractivity contribution in [3.05, 3.63) is 72.4 Å². The lowest BCUT2D eigenvalue weighted by molar-refractivity contribution is -0.212. The van der Waals surface area contributed by atoms with Crippen molar-refractivity contribution in [2.75, 3.05) is 37.9 Å². The number of anilines is 2. The standard InChI is InChI=1S/C31H34N6O3/c1-39-22-7-6-21(26(14-22)40-2)15-34-28-24-4-3-5-25(23(24)8-9-33-28)35-20-30-17-31(18-30,19-30)29(38)37-13-12-36-11-10-32-27(36)16-37/h3-11,14,35H,12-13,15-20H2,1-2H3,(H,33,34). The van der Waals surface area contributed by atoms with Gasteiger partial charge in [0.15, 0.2) is 0 Å². The van der Waals surface area contributed by atoms with E-state index in [4.69, 9.17) is 9.47 Å². The molecule has 4 aliphatic rings. The summed E-state index contributed by atoms with van der Waals surface area (Å²) in [6.07, 6.45) is 8.59. The maximum absolute atomic E-state index is 13.4. The summed E-state index contributed by atoms with van der Waals surface area (Å²) < 4.78 is 13.0. The SMILES string of the molecule is COc1ccc(CNc2nccc3c(NCC45CC(C(=O)N6CCn7ccnc7C6)(C4)C5)cccc23)c(OC)c1. The highest BCUT2D eigenvalue weighted by molar-refractivity contribution is 6.00. The van der Waals surface area contributed by atoms with Crippen LogP contribution in [0.15, 0.2) is 61.1 Å². The molecular weight excluding hydrogens is 504 g/mol. The fourth-order valence-electron chi connectivity index (χ4n) is 7.06. The first-order valence-electron chi connectivity index (χ1n) is 13.9. The molecule has 2 aromatic carbocycles. The van der Waals surface area contributed by atoms with Crippen LogP contribution in [0.25, 0.3) is 10.8 Å². The van der Waals surface area contributed by atoms with E-state index in [9.17, 15) is 4.79 Å². The largest absolute Gasteiger partial charge is 0.497 e. The van der Waals surface area contributed by atoms with Crippen molar-refractivity contribution in [1.82, 2.24) is 19.4 Å². The summed E-state index contributed by atoms with van der Waals surface area (Å²) in [5.41, 5.74) is 2.18. The minimum Gasteiger partial charge on any atom is -0.497 e. The van der Waals surface area contributed by atoms with Gasteiger partial charge in [-0.2, -0.15) is 0 Å². The van der Waals surface area contributed by atoms with Crippen LogP contribution < -0.4 is 20.1 Å². The lowest BCUT2D eigenvalue weighted by Crippen LogP contribution is -2.70. The average Bonchev–Trinajstić information content (AvgIpc) is 3.42. The van der Waals surface area contributed by atoms with Crippen molar-refractivity contribution in [2.24, 2.45) is 10.8 Å². The Morgan fingerprint density at radius 2 is 1.85 bits per heavy atom. The molecule has 40 heavy (non-hydrogen) atoms. The molecule has 2 N–H and O–H groups in total. The molecule has 0 radical (unpaired) electrons. The summed E-state index contributed by atoms with van der Waals surface area (Å²) in [4.78, 5) is 24.4. The third-order valence-electron chi connectivity index (χ3n) is 9.03. The van der Waals surface area contributed by atoms with E-state index in [-0.39, 0.29) is 10.8 Å². The Bertz CT molecular complexity index is 1580. The van der Waals surface area contributed by atoms with Crippen LogP contribution in [-0.2, 0) is 24.4 Å². The number of methoxy groups -OCH3 is 2. The summed E-state index contributed by atoms with van der Waals surface area (Å²) >= 11 is 0. The van der Waals surface area contributed by atoms with E-state index in [0.29, 0.717) is 19.0 Å². The van der Waals surface area contributed by atoms with Crippen molar-refractivity contribution in [2.45, 2.75) is 38.9 Å². The van der Waals surface area contributed by atoms with E-state index in [1.54, 1.807) is 14.2 Å². The molecule has 2 bridgehead atoms. The number of imidazole rings is 1. The van der Waals surface area contributed by atoms with Gasteiger partial charge in [-0.05, 0) is 48.9 Å². The number of fused-ring (bicyclic) bond motifs is 2. The number of ether oxygens (including phenoxy) is 2. The maximum Gasteiger partial charge on any atom is 0.229 e. The average molecular weight is 539 g/mol. The topological polar surface area (TPSA) is 93.5 Å². The number of hydrogen-bond donors (Lipinski definition) is 2. The van der Waals surface area contributed by atoms with Gasteiger partial charge in [-0.1, -0.05) is 12.1 Å².